The maximum Gasteiger partial charge on any atom is 0.303 e. The molecular formula is C19H43Cl3O2. The summed E-state index contributed by atoms with van der Waals surface area (Å²) in [4.78, 5) is 10.3. The van der Waals surface area contributed by atoms with Crippen molar-refractivity contribution in [3.05, 3.63) is 0 Å². The van der Waals surface area contributed by atoms with E-state index < -0.39 is 5.97 Å². The second-order valence-corrected chi connectivity index (χ2v) is 6.09. The van der Waals surface area contributed by atoms with Gasteiger partial charge in [0.15, 0.2) is 0 Å². The molecule has 24 heavy (non-hydrogen) atoms. The van der Waals surface area contributed by atoms with Crippen LogP contribution in [-0.4, -0.2) is 11.1 Å². The van der Waals surface area contributed by atoms with Crippen molar-refractivity contribution in [2.75, 3.05) is 0 Å². The number of carbonyl (C=O) groups is 1. The van der Waals surface area contributed by atoms with Gasteiger partial charge in [0.2, 0.25) is 0 Å². The first-order valence-electron chi connectivity index (χ1n) is 8.99. The summed E-state index contributed by atoms with van der Waals surface area (Å²) in [6.45, 7) is 2.27. The number of carboxylic acids is 1. The lowest BCUT2D eigenvalue weighted by molar-refractivity contribution is -0.137. The topological polar surface area (TPSA) is 37.3 Å². The average molecular weight is 410 g/mol. The van der Waals surface area contributed by atoms with Gasteiger partial charge < -0.3 is 5.11 Å². The number of unbranched alkanes of at least 4 members (excludes halogenated alkanes) is 14. The van der Waals surface area contributed by atoms with Crippen LogP contribution >= 0.6 is 37.2 Å². The SMILES string of the molecule is C.CCCCCCCCCCCCCCCCCC(=O)O.Cl.Cl.Cl. The molecule has 0 aliphatic heterocycles. The first kappa shape index (κ1) is 35.4. The van der Waals surface area contributed by atoms with Crippen LogP contribution in [0.1, 0.15) is 117 Å². The molecule has 0 radical (unpaired) electrons. The third-order valence-corrected chi connectivity index (χ3v) is 3.99. The van der Waals surface area contributed by atoms with Gasteiger partial charge in [0, 0.05) is 6.42 Å². The van der Waals surface area contributed by atoms with Crippen LogP contribution in [0.3, 0.4) is 0 Å². The zero-order chi connectivity index (χ0) is 14.9. The number of hydrogen-bond acceptors (Lipinski definition) is 1. The van der Waals surface area contributed by atoms with Crippen molar-refractivity contribution in [3.8, 4) is 0 Å². The number of aliphatic carboxylic acids is 1. The van der Waals surface area contributed by atoms with Gasteiger partial charge in [0.1, 0.15) is 0 Å². The van der Waals surface area contributed by atoms with Crippen LogP contribution in [0, 0.1) is 0 Å². The van der Waals surface area contributed by atoms with Crippen molar-refractivity contribution >= 4 is 43.2 Å². The van der Waals surface area contributed by atoms with Crippen molar-refractivity contribution < 1.29 is 9.90 Å². The summed E-state index contributed by atoms with van der Waals surface area (Å²) in [5, 5.41) is 8.52. The molecule has 2 nitrogen and oxygen atoms in total. The normalized spacial score (nSPS) is 9.04. The van der Waals surface area contributed by atoms with E-state index in [1.54, 1.807) is 0 Å². The van der Waals surface area contributed by atoms with Gasteiger partial charge in [0.05, 0.1) is 0 Å². The molecule has 0 aliphatic rings. The highest BCUT2D eigenvalue weighted by Crippen LogP contribution is 2.13. The third-order valence-electron chi connectivity index (χ3n) is 3.99. The predicted molar refractivity (Wildman–Crippen MR) is 116 cm³/mol. The van der Waals surface area contributed by atoms with Crippen molar-refractivity contribution in [2.24, 2.45) is 0 Å². The van der Waals surface area contributed by atoms with Crippen molar-refractivity contribution in [1.29, 1.82) is 0 Å². The third kappa shape index (κ3) is 33.8. The highest BCUT2D eigenvalue weighted by molar-refractivity contribution is 5.86. The molecule has 0 atom stereocenters. The van der Waals surface area contributed by atoms with Gasteiger partial charge in [-0.25, -0.2) is 0 Å². The Kier molecular flexibility index (Phi) is 46.0. The van der Waals surface area contributed by atoms with Crippen LogP contribution in [0.15, 0.2) is 0 Å². The summed E-state index contributed by atoms with van der Waals surface area (Å²) in [6, 6.07) is 0. The van der Waals surface area contributed by atoms with Crippen LogP contribution < -0.4 is 0 Å². The fraction of sp³-hybridized carbons (Fsp3) is 0.947. The Morgan fingerprint density at radius 2 is 0.833 bits per heavy atom. The van der Waals surface area contributed by atoms with Crippen molar-refractivity contribution in [2.45, 2.75) is 117 Å². The van der Waals surface area contributed by atoms with Crippen molar-refractivity contribution in [3.63, 3.8) is 0 Å². The second kappa shape index (κ2) is 31.1. The van der Waals surface area contributed by atoms with Gasteiger partial charge in [-0.3, -0.25) is 4.79 Å². The molecule has 0 saturated heterocycles. The number of hydrogen-bond donors (Lipinski definition) is 1. The minimum atomic E-state index is -0.653. The van der Waals surface area contributed by atoms with E-state index in [-0.39, 0.29) is 44.6 Å². The summed E-state index contributed by atoms with van der Waals surface area (Å²) in [6.07, 6.45) is 20.2. The Balaban J connectivity index is -0.000000301. The zero-order valence-electron chi connectivity index (χ0n) is 14.9. The largest absolute Gasteiger partial charge is 0.481 e. The Morgan fingerprint density at radius 1 is 0.583 bits per heavy atom. The molecule has 5 heteroatoms. The molecule has 0 rings (SSSR count). The molecule has 0 bridgehead atoms. The van der Waals surface area contributed by atoms with E-state index in [2.05, 4.69) is 6.92 Å². The molecule has 0 aliphatic carbocycles. The Hall–Kier alpha value is 0.340. The van der Waals surface area contributed by atoms with Crippen LogP contribution in [0.2, 0.25) is 0 Å². The second-order valence-electron chi connectivity index (χ2n) is 6.09. The molecule has 0 unspecified atom stereocenters. The fourth-order valence-corrected chi connectivity index (χ4v) is 2.65. The molecule has 0 heterocycles. The first-order chi connectivity index (χ1) is 9.77. The molecule has 0 spiro atoms. The van der Waals surface area contributed by atoms with E-state index in [9.17, 15) is 4.79 Å². The summed E-state index contributed by atoms with van der Waals surface area (Å²) in [7, 11) is 0. The highest BCUT2D eigenvalue weighted by Gasteiger charge is 1.97. The Morgan fingerprint density at radius 3 is 1.08 bits per heavy atom. The maximum absolute atomic E-state index is 10.3. The molecule has 152 valence electrons. The van der Waals surface area contributed by atoms with Gasteiger partial charge in [-0.15, -0.1) is 37.2 Å². The van der Waals surface area contributed by atoms with Crippen LogP contribution in [0.25, 0.3) is 0 Å². The lowest BCUT2D eigenvalue weighted by atomic mass is 10.0. The molecule has 0 saturated carbocycles. The summed E-state index contributed by atoms with van der Waals surface area (Å²) in [5.41, 5.74) is 0. The fourth-order valence-electron chi connectivity index (χ4n) is 2.65. The number of carboxylic acid groups (broad SMARTS) is 1. The van der Waals surface area contributed by atoms with Crippen LogP contribution in [0.4, 0.5) is 0 Å². The molecular weight excluding hydrogens is 367 g/mol. The first-order valence-corrected chi connectivity index (χ1v) is 8.99. The van der Waals surface area contributed by atoms with Gasteiger partial charge in [0.25, 0.3) is 0 Å². The Bertz CT molecular complexity index is 215. The molecule has 0 aromatic carbocycles. The zero-order valence-corrected chi connectivity index (χ0v) is 17.3. The molecule has 0 fully saturated rings. The van der Waals surface area contributed by atoms with Crippen molar-refractivity contribution in [1.82, 2.24) is 0 Å². The van der Waals surface area contributed by atoms with Crippen LogP contribution in [0.5, 0.6) is 0 Å². The summed E-state index contributed by atoms with van der Waals surface area (Å²) < 4.78 is 0. The molecule has 0 aromatic rings. The molecule has 0 amide bonds. The van der Waals surface area contributed by atoms with E-state index in [1.165, 1.54) is 83.5 Å². The van der Waals surface area contributed by atoms with E-state index in [4.69, 9.17) is 5.11 Å². The average Bonchev–Trinajstić information content (AvgIpc) is 2.43. The smallest absolute Gasteiger partial charge is 0.303 e. The number of halogens is 3. The van der Waals surface area contributed by atoms with Gasteiger partial charge in [-0.1, -0.05) is 104 Å². The van der Waals surface area contributed by atoms with Gasteiger partial charge in [-0.2, -0.15) is 0 Å². The highest BCUT2D eigenvalue weighted by atomic mass is 35.5. The monoisotopic (exact) mass is 408 g/mol. The standard InChI is InChI=1S/C18H36O2.CH4.3ClH/c1-2-3-4-5-6-7-8-9-10-11-12-13-14-15-16-17-18(19)20;;;;/h2-17H2,1H3,(H,19,20);1H4;3*1H. The maximum atomic E-state index is 10.3. The number of rotatable bonds is 16. The van der Waals surface area contributed by atoms with E-state index in [1.807, 2.05) is 0 Å². The van der Waals surface area contributed by atoms with E-state index >= 15 is 0 Å². The molecule has 0 aromatic heterocycles. The minimum Gasteiger partial charge on any atom is -0.481 e. The van der Waals surface area contributed by atoms with Gasteiger partial charge in [-0.05, 0) is 6.42 Å². The van der Waals surface area contributed by atoms with Gasteiger partial charge >= 0.3 is 5.97 Å². The lowest BCUT2D eigenvalue weighted by Gasteiger charge is -2.03. The molecule has 1 N–H and O–H groups in total. The van der Waals surface area contributed by atoms with E-state index in [0.29, 0.717) is 6.42 Å². The van der Waals surface area contributed by atoms with E-state index in [0.717, 1.165) is 12.8 Å². The minimum absolute atomic E-state index is 0. The van der Waals surface area contributed by atoms with Crippen LogP contribution in [-0.2, 0) is 4.79 Å². The Labute approximate surface area is 170 Å². The summed E-state index contributed by atoms with van der Waals surface area (Å²) in [5.74, 6) is -0.653. The quantitative estimate of drug-likeness (QED) is 0.260. The summed E-state index contributed by atoms with van der Waals surface area (Å²) >= 11 is 0. The lowest BCUT2D eigenvalue weighted by Crippen LogP contribution is -1.93. The predicted octanol–water partition coefficient (Wildman–Crippen LogP) is 8.23.